The number of carbonyl (C=O) groups excluding carboxylic acids is 2. The summed E-state index contributed by atoms with van der Waals surface area (Å²) in [5.41, 5.74) is 3.16. The van der Waals surface area contributed by atoms with Crippen molar-refractivity contribution in [3.05, 3.63) is 65.2 Å². The van der Waals surface area contributed by atoms with Gasteiger partial charge in [0.05, 0.1) is 13.0 Å². The molecule has 2 aromatic rings. The molecule has 5 nitrogen and oxygen atoms in total. The first-order valence-corrected chi connectivity index (χ1v) is 8.67. The molecule has 138 valence electrons. The first-order chi connectivity index (χ1) is 12.5. The maximum Gasteiger partial charge on any atom is 0.310 e. The van der Waals surface area contributed by atoms with Crippen molar-refractivity contribution in [3.8, 4) is 5.75 Å². The summed E-state index contributed by atoms with van der Waals surface area (Å²) in [6.07, 6.45) is -0.754. The number of amides is 1. The van der Waals surface area contributed by atoms with Crippen LogP contribution in [-0.2, 0) is 20.9 Å². The molecule has 0 radical (unpaired) electrons. The molecule has 0 aliphatic rings. The minimum absolute atomic E-state index is 0.0872. The van der Waals surface area contributed by atoms with Gasteiger partial charge in [0.2, 0.25) is 0 Å². The van der Waals surface area contributed by atoms with Gasteiger partial charge in [-0.15, -0.1) is 0 Å². The van der Waals surface area contributed by atoms with Crippen molar-refractivity contribution in [3.63, 3.8) is 0 Å². The zero-order valence-corrected chi connectivity index (χ0v) is 15.5. The summed E-state index contributed by atoms with van der Waals surface area (Å²) in [5, 5.41) is 2.77. The Labute approximate surface area is 154 Å². The van der Waals surface area contributed by atoms with Gasteiger partial charge < -0.3 is 14.8 Å². The van der Waals surface area contributed by atoms with Crippen LogP contribution in [-0.4, -0.2) is 24.6 Å². The second-order valence-electron chi connectivity index (χ2n) is 6.20. The number of rotatable bonds is 8. The second-order valence-corrected chi connectivity index (χ2v) is 6.20. The molecule has 0 saturated heterocycles. The number of esters is 1. The second kappa shape index (κ2) is 9.61. The van der Waals surface area contributed by atoms with Gasteiger partial charge in [0.25, 0.3) is 5.91 Å². The van der Waals surface area contributed by atoms with Crippen LogP contribution >= 0.6 is 0 Å². The van der Waals surface area contributed by atoms with Crippen molar-refractivity contribution in [2.24, 2.45) is 0 Å². The van der Waals surface area contributed by atoms with E-state index >= 15 is 0 Å². The number of ether oxygens (including phenoxy) is 2. The van der Waals surface area contributed by atoms with Crippen LogP contribution in [0, 0.1) is 13.8 Å². The highest BCUT2D eigenvalue weighted by Gasteiger charge is 2.17. The van der Waals surface area contributed by atoms with Gasteiger partial charge in [-0.05, 0) is 38.0 Å². The summed E-state index contributed by atoms with van der Waals surface area (Å²) in [4.78, 5) is 23.9. The molecule has 2 aromatic carbocycles. The van der Waals surface area contributed by atoms with E-state index in [9.17, 15) is 9.59 Å². The molecule has 0 aliphatic carbocycles. The van der Waals surface area contributed by atoms with Crippen molar-refractivity contribution in [2.75, 3.05) is 6.61 Å². The fourth-order valence-corrected chi connectivity index (χ4v) is 2.31. The Morgan fingerprint density at radius 3 is 2.42 bits per heavy atom. The molecule has 0 aliphatic heterocycles. The summed E-state index contributed by atoms with van der Waals surface area (Å²) in [5.74, 6) is -0.0421. The predicted molar refractivity (Wildman–Crippen MR) is 99.9 cm³/mol. The van der Waals surface area contributed by atoms with Crippen molar-refractivity contribution in [2.45, 2.75) is 39.8 Å². The van der Waals surface area contributed by atoms with Gasteiger partial charge >= 0.3 is 5.97 Å². The maximum absolute atomic E-state index is 12.0. The average molecular weight is 355 g/mol. The summed E-state index contributed by atoms with van der Waals surface area (Å²) in [7, 11) is 0. The first kappa shape index (κ1) is 19.5. The summed E-state index contributed by atoms with van der Waals surface area (Å²) in [6, 6.07) is 15.5. The standard InChI is InChI=1S/C21H25NO4/c1-15-8-10-18(11-9-15)14-22-21(24)17(3)26-20(23)12-13-25-19-7-5-4-6-16(19)2/h4-11,17H,12-14H2,1-3H3,(H,22,24). The van der Waals surface area contributed by atoms with E-state index in [1.165, 1.54) is 0 Å². The lowest BCUT2D eigenvalue weighted by atomic mass is 10.1. The normalized spacial score (nSPS) is 11.5. The molecule has 0 bridgehead atoms. The van der Waals surface area contributed by atoms with E-state index in [-0.39, 0.29) is 18.9 Å². The van der Waals surface area contributed by atoms with Crippen molar-refractivity contribution in [1.29, 1.82) is 0 Å². The Bertz CT molecular complexity index is 740. The fraction of sp³-hybridized carbons (Fsp3) is 0.333. The molecule has 0 heterocycles. The van der Waals surface area contributed by atoms with Crippen LogP contribution in [0.25, 0.3) is 0 Å². The lowest BCUT2D eigenvalue weighted by Crippen LogP contribution is -2.35. The quantitative estimate of drug-likeness (QED) is 0.738. The highest BCUT2D eigenvalue weighted by molar-refractivity contribution is 5.83. The van der Waals surface area contributed by atoms with Gasteiger partial charge in [-0.3, -0.25) is 9.59 Å². The van der Waals surface area contributed by atoms with Crippen LogP contribution < -0.4 is 10.1 Å². The Morgan fingerprint density at radius 2 is 1.73 bits per heavy atom. The number of nitrogens with one attached hydrogen (secondary N) is 1. The van der Waals surface area contributed by atoms with Gasteiger partial charge in [0.15, 0.2) is 6.10 Å². The molecular weight excluding hydrogens is 330 g/mol. The average Bonchev–Trinajstić information content (AvgIpc) is 2.62. The van der Waals surface area contributed by atoms with E-state index in [2.05, 4.69) is 5.32 Å². The number of benzene rings is 2. The molecule has 1 unspecified atom stereocenters. The van der Waals surface area contributed by atoms with Crippen LogP contribution in [0.1, 0.15) is 30.0 Å². The Kier molecular flexibility index (Phi) is 7.21. The Balaban J connectivity index is 1.69. The van der Waals surface area contributed by atoms with Gasteiger partial charge in [0.1, 0.15) is 5.75 Å². The smallest absolute Gasteiger partial charge is 0.310 e. The van der Waals surface area contributed by atoms with Crippen molar-refractivity contribution >= 4 is 11.9 Å². The van der Waals surface area contributed by atoms with E-state index in [4.69, 9.17) is 9.47 Å². The van der Waals surface area contributed by atoms with E-state index < -0.39 is 12.1 Å². The Morgan fingerprint density at radius 1 is 1.04 bits per heavy atom. The summed E-state index contributed by atoms with van der Waals surface area (Å²) < 4.78 is 10.7. The number of hydrogen-bond acceptors (Lipinski definition) is 4. The number of aryl methyl sites for hydroxylation is 2. The predicted octanol–water partition coefficient (Wildman–Crippen LogP) is 3.32. The van der Waals surface area contributed by atoms with E-state index in [0.29, 0.717) is 6.54 Å². The van der Waals surface area contributed by atoms with Crippen LogP contribution in [0.5, 0.6) is 5.75 Å². The zero-order valence-electron chi connectivity index (χ0n) is 15.5. The lowest BCUT2D eigenvalue weighted by Gasteiger charge is -2.14. The van der Waals surface area contributed by atoms with Gasteiger partial charge in [-0.2, -0.15) is 0 Å². The molecule has 1 N–H and O–H groups in total. The van der Waals surface area contributed by atoms with Gasteiger partial charge in [-0.25, -0.2) is 0 Å². The van der Waals surface area contributed by atoms with Gasteiger partial charge in [0, 0.05) is 6.54 Å². The molecule has 0 spiro atoms. The van der Waals surface area contributed by atoms with E-state index in [0.717, 1.165) is 22.4 Å². The highest BCUT2D eigenvalue weighted by Crippen LogP contribution is 2.16. The molecular formula is C21H25NO4. The number of para-hydroxylation sites is 1. The third-order valence-electron chi connectivity index (χ3n) is 3.92. The lowest BCUT2D eigenvalue weighted by molar-refractivity contribution is -0.155. The number of carbonyl (C=O) groups is 2. The molecule has 1 atom stereocenters. The van der Waals surface area contributed by atoms with Crippen LogP contribution in [0.15, 0.2) is 48.5 Å². The highest BCUT2D eigenvalue weighted by atomic mass is 16.5. The monoisotopic (exact) mass is 355 g/mol. The largest absolute Gasteiger partial charge is 0.493 e. The van der Waals surface area contributed by atoms with Crippen molar-refractivity contribution < 1.29 is 19.1 Å². The molecule has 1 amide bonds. The zero-order chi connectivity index (χ0) is 18.9. The van der Waals surface area contributed by atoms with Crippen molar-refractivity contribution in [1.82, 2.24) is 5.32 Å². The molecule has 0 saturated carbocycles. The molecule has 2 rings (SSSR count). The third kappa shape index (κ3) is 6.24. The minimum Gasteiger partial charge on any atom is -0.493 e. The fourth-order valence-electron chi connectivity index (χ4n) is 2.31. The van der Waals surface area contributed by atoms with Gasteiger partial charge in [-0.1, -0.05) is 48.0 Å². The summed E-state index contributed by atoms with van der Waals surface area (Å²) in [6.45, 7) is 6.12. The topological polar surface area (TPSA) is 64.6 Å². The number of hydrogen-bond donors (Lipinski definition) is 1. The first-order valence-electron chi connectivity index (χ1n) is 8.67. The van der Waals surface area contributed by atoms with E-state index in [1.54, 1.807) is 6.92 Å². The van der Waals surface area contributed by atoms with Crippen LogP contribution in [0.2, 0.25) is 0 Å². The SMILES string of the molecule is Cc1ccc(CNC(=O)C(C)OC(=O)CCOc2ccccc2C)cc1. The van der Waals surface area contributed by atoms with Crippen LogP contribution in [0.3, 0.4) is 0 Å². The molecule has 0 fully saturated rings. The molecule has 26 heavy (non-hydrogen) atoms. The third-order valence-corrected chi connectivity index (χ3v) is 3.92. The van der Waals surface area contributed by atoms with Crippen LogP contribution in [0.4, 0.5) is 0 Å². The maximum atomic E-state index is 12.0. The molecule has 5 heteroatoms. The minimum atomic E-state index is -0.841. The van der Waals surface area contributed by atoms with E-state index in [1.807, 2.05) is 62.4 Å². The molecule has 0 aromatic heterocycles. The Hall–Kier alpha value is -2.82. The summed E-state index contributed by atoms with van der Waals surface area (Å²) >= 11 is 0.